The monoisotopic (exact) mass is 582 g/mol. The van der Waals surface area contributed by atoms with Crippen molar-refractivity contribution >= 4 is 40.4 Å². The van der Waals surface area contributed by atoms with Crippen molar-refractivity contribution in [3.8, 4) is 5.75 Å². The molecule has 1 saturated heterocycles. The summed E-state index contributed by atoms with van der Waals surface area (Å²) in [5, 5.41) is 4.97. The van der Waals surface area contributed by atoms with Crippen LogP contribution in [0.4, 0.5) is 4.39 Å². The van der Waals surface area contributed by atoms with E-state index in [4.69, 9.17) is 15.5 Å². The van der Waals surface area contributed by atoms with Gasteiger partial charge in [-0.3, -0.25) is 24.7 Å². The lowest BCUT2D eigenvalue weighted by Gasteiger charge is -2.26. The molecule has 0 radical (unpaired) electrons. The summed E-state index contributed by atoms with van der Waals surface area (Å²) in [4.78, 5) is 28.4. The molecule has 2 aromatic carbocycles. The number of alkyl halides is 1. The summed E-state index contributed by atoms with van der Waals surface area (Å²) in [7, 11) is 0. The van der Waals surface area contributed by atoms with E-state index in [-0.39, 0.29) is 23.6 Å². The van der Waals surface area contributed by atoms with Gasteiger partial charge in [0.05, 0.1) is 11.4 Å². The molecule has 2 aliphatic heterocycles. The van der Waals surface area contributed by atoms with Crippen molar-refractivity contribution in [3.63, 3.8) is 0 Å². The molecule has 3 aromatic rings. The Balaban J connectivity index is 1.27. The summed E-state index contributed by atoms with van der Waals surface area (Å²) in [6.07, 6.45) is 6.70. The number of benzene rings is 2. The summed E-state index contributed by atoms with van der Waals surface area (Å²) in [6.45, 7) is 9.11. The molecular formula is C34H39FN6O2. The van der Waals surface area contributed by atoms with E-state index in [2.05, 4.69) is 60.3 Å². The number of pyridine rings is 1. The number of nitrogens with zero attached hydrogens (tertiary/aromatic N) is 4. The third-order valence-electron chi connectivity index (χ3n) is 7.46. The SMILES string of the molecule is CC(C)(C)C1=NC(c2ccc(OCc3ccnc(C=C(/N=C\CN)C(=O)NCCN4CCC(F)C4)c3)c3ccccc23)=C1. The highest BCUT2D eigenvalue weighted by Crippen LogP contribution is 2.37. The van der Waals surface area contributed by atoms with Gasteiger partial charge < -0.3 is 15.8 Å². The molecule has 224 valence electrons. The molecule has 8 nitrogen and oxygen atoms in total. The number of carbonyl (C=O) groups excluding carboxylic acids is 1. The topological polar surface area (TPSA) is 105 Å². The predicted molar refractivity (Wildman–Crippen MR) is 172 cm³/mol. The van der Waals surface area contributed by atoms with E-state index < -0.39 is 6.17 Å². The maximum Gasteiger partial charge on any atom is 0.269 e. The standard InChI is InChI=1S/C34H39FN6O2/c1-34(2,3)32-20-29(40-32)27-8-9-31(28-7-5-4-6-26(27)28)43-22-23-10-13-37-25(18-23)19-30(38-14-12-36)33(42)39-15-17-41-16-11-24(35)21-41/h4-10,13-14,18-20,24H,11-12,15-17,21-22,36H2,1-3H3,(H,39,42)/b30-19?,38-14-. The number of aliphatic imine (C=N–C) groups is 2. The van der Waals surface area contributed by atoms with Crippen LogP contribution < -0.4 is 15.8 Å². The summed E-state index contributed by atoms with van der Waals surface area (Å²) in [5.41, 5.74) is 10.5. The van der Waals surface area contributed by atoms with E-state index in [1.807, 2.05) is 35.2 Å². The van der Waals surface area contributed by atoms with Crippen molar-refractivity contribution in [3.05, 3.63) is 83.3 Å². The lowest BCUT2D eigenvalue weighted by molar-refractivity contribution is -0.117. The van der Waals surface area contributed by atoms with Crippen molar-refractivity contribution in [2.75, 3.05) is 32.7 Å². The molecule has 3 heterocycles. The molecule has 1 atom stereocenters. The number of amides is 1. The van der Waals surface area contributed by atoms with E-state index in [1.165, 1.54) is 6.21 Å². The second kappa shape index (κ2) is 13.4. The van der Waals surface area contributed by atoms with E-state index >= 15 is 0 Å². The van der Waals surface area contributed by atoms with Crippen molar-refractivity contribution in [1.29, 1.82) is 0 Å². The van der Waals surface area contributed by atoms with Crippen LogP contribution in [0.5, 0.6) is 5.75 Å². The molecular weight excluding hydrogens is 543 g/mol. The van der Waals surface area contributed by atoms with E-state index in [9.17, 15) is 9.18 Å². The molecule has 0 spiro atoms. The Hall–Kier alpha value is -4.21. The molecule has 1 aromatic heterocycles. The van der Waals surface area contributed by atoms with Gasteiger partial charge in [0, 0.05) is 67.2 Å². The first-order valence-corrected chi connectivity index (χ1v) is 14.7. The first-order chi connectivity index (χ1) is 20.7. The van der Waals surface area contributed by atoms with Crippen molar-refractivity contribution in [1.82, 2.24) is 15.2 Å². The molecule has 0 saturated carbocycles. The van der Waals surface area contributed by atoms with Crippen molar-refractivity contribution in [2.24, 2.45) is 21.1 Å². The number of fused-ring (bicyclic) bond motifs is 1. The fraction of sp³-hybridized carbons (Fsp3) is 0.353. The fourth-order valence-corrected chi connectivity index (χ4v) is 5.08. The lowest BCUT2D eigenvalue weighted by Crippen LogP contribution is -2.34. The zero-order chi connectivity index (χ0) is 30.4. The van der Waals surface area contributed by atoms with Crippen molar-refractivity contribution in [2.45, 2.75) is 40.0 Å². The number of carbonyl (C=O) groups is 1. The van der Waals surface area contributed by atoms with Crippen LogP contribution in [-0.4, -0.2) is 66.6 Å². The zero-order valence-electron chi connectivity index (χ0n) is 25.0. The molecule has 1 fully saturated rings. The number of allylic oxidation sites excluding steroid dienone is 1. The van der Waals surface area contributed by atoms with Crippen LogP contribution in [-0.2, 0) is 11.4 Å². The highest BCUT2D eigenvalue weighted by atomic mass is 19.1. The first-order valence-electron chi connectivity index (χ1n) is 14.7. The van der Waals surface area contributed by atoms with Gasteiger partial charge in [-0.05, 0) is 53.8 Å². The third-order valence-corrected chi connectivity index (χ3v) is 7.46. The summed E-state index contributed by atoms with van der Waals surface area (Å²) in [5.74, 6) is 0.439. The van der Waals surface area contributed by atoms with Gasteiger partial charge in [0.25, 0.3) is 5.91 Å². The highest BCUT2D eigenvalue weighted by molar-refractivity contribution is 6.15. The molecule has 1 unspecified atom stereocenters. The minimum absolute atomic E-state index is 0.0249. The molecule has 5 rings (SSSR count). The number of nitrogens with one attached hydrogen (secondary N) is 1. The number of rotatable bonds is 11. The van der Waals surface area contributed by atoms with Crippen LogP contribution in [0.15, 0.2) is 76.5 Å². The quantitative estimate of drug-likeness (QED) is 0.239. The lowest BCUT2D eigenvalue weighted by atomic mass is 9.85. The number of hydrogen-bond acceptors (Lipinski definition) is 7. The van der Waals surface area contributed by atoms with Gasteiger partial charge in [0.15, 0.2) is 0 Å². The van der Waals surface area contributed by atoms with Crippen LogP contribution in [0.3, 0.4) is 0 Å². The Labute approximate surface area is 252 Å². The van der Waals surface area contributed by atoms with E-state index in [1.54, 1.807) is 12.3 Å². The number of ether oxygens (including phenoxy) is 1. The Morgan fingerprint density at radius 2 is 2.00 bits per heavy atom. The predicted octanol–water partition coefficient (Wildman–Crippen LogP) is 5.19. The van der Waals surface area contributed by atoms with E-state index in [0.717, 1.165) is 39.1 Å². The maximum atomic E-state index is 13.4. The van der Waals surface area contributed by atoms with Crippen LogP contribution >= 0.6 is 0 Å². The molecule has 0 aliphatic carbocycles. The smallest absolute Gasteiger partial charge is 0.269 e. The number of halogens is 1. The van der Waals surface area contributed by atoms with Crippen LogP contribution in [0.2, 0.25) is 0 Å². The molecule has 9 heteroatoms. The second-order valence-electron chi connectivity index (χ2n) is 11.8. The summed E-state index contributed by atoms with van der Waals surface area (Å²) < 4.78 is 19.7. The number of aromatic nitrogens is 1. The minimum atomic E-state index is -0.789. The van der Waals surface area contributed by atoms with Crippen LogP contribution in [0.1, 0.15) is 44.0 Å². The Bertz CT molecular complexity index is 1600. The number of likely N-dealkylation sites (tertiary alicyclic amines) is 1. The second-order valence-corrected chi connectivity index (χ2v) is 11.8. The number of nitrogens with two attached hydrogens (primary N) is 1. The van der Waals surface area contributed by atoms with Gasteiger partial charge in [-0.15, -0.1) is 0 Å². The zero-order valence-corrected chi connectivity index (χ0v) is 25.0. The van der Waals surface area contributed by atoms with Gasteiger partial charge in [0.1, 0.15) is 24.2 Å². The third kappa shape index (κ3) is 7.60. The average molecular weight is 583 g/mol. The molecule has 0 bridgehead atoms. The first kappa shape index (κ1) is 30.3. The average Bonchev–Trinajstić information content (AvgIpc) is 3.38. The van der Waals surface area contributed by atoms with Gasteiger partial charge >= 0.3 is 0 Å². The van der Waals surface area contributed by atoms with Gasteiger partial charge in [0.2, 0.25) is 0 Å². The van der Waals surface area contributed by atoms with Crippen LogP contribution in [0, 0.1) is 5.41 Å². The Kier molecular flexibility index (Phi) is 9.43. The van der Waals surface area contributed by atoms with E-state index in [0.29, 0.717) is 44.9 Å². The highest BCUT2D eigenvalue weighted by Gasteiger charge is 2.25. The van der Waals surface area contributed by atoms with Crippen LogP contribution in [0.25, 0.3) is 22.5 Å². The summed E-state index contributed by atoms with van der Waals surface area (Å²) >= 11 is 0. The number of hydrogen-bond donors (Lipinski definition) is 2. The molecule has 2 aliphatic rings. The molecule has 1 amide bonds. The maximum absolute atomic E-state index is 13.4. The largest absolute Gasteiger partial charge is 0.488 e. The normalized spacial score (nSPS) is 17.6. The van der Waals surface area contributed by atoms with Crippen molar-refractivity contribution < 1.29 is 13.9 Å². The van der Waals surface area contributed by atoms with Gasteiger partial charge in [-0.25, -0.2) is 4.39 Å². The van der Waals surface area contributed by atoms with Gasteiger partial charge in [-0.2, -0.15) is 0 Å². The minimum Gasteiger partial charge on any atom is -0.488 e. The Morgan fingerprint density at radius 3 is 2.72 bits per heavy atom. The summed E-state index contributed by atoms with van der Waals surface area (Å²) in [6, 6.07) is 16.0. The fourth-order valence-electron chi connectivity index (χ4n) is 5.08. The molecule has 3 N–H and O–H groups in total. The van der Waals surface area contributed by atoms with Gasteiger partial charge in [-0.1, -0.05) is 45.0 Å². The molecule has 43 heavy (non-hydrogen) atoms. The Morgan fingerprint density at radius 1 is 1.21 bits per heavy atom.